The lowest BCUT2D eigenvalue weighted by atomic mass is 10.1. The van der Waals surface area contributed by atoms with Crippen molar-refractivity contribution in [3.05, 3.63) is 57.6 Å². The van der Waals surface area contributed by atoms with Gasteiger partial charge in [-0.15, -0.1) is 11.3 Å². The first-order chi connectivity index (χ1) is 13.5. The normalized spacial score (nSPS) is 14.9. The highest BCUT2D eigenvalue weighted by atomic mass is 32.1. The molecular weight excluding hydrogens is 374 g/mol. The number of allylic oxidation sites excluding steroid dienone is 1. The highest BCUT2D eigenvalue weighted by molar-refractivity contribution is 7.14. The summed E-state index contributed by atoms with van der Waals surface area (Å²) in [7, 11) is 0. The van der Waals surface area contributed by atoms with E-state index in [0.717, 1.165) is 12.0 Å². The van der Waals surface area contributed by atoms with Gasteiger partial charge in [0.2, 0.25) is 0 Å². The van der Waals surface area contributed by atoms with E-state index in [4.69, 9.17) is 4.74 Å². The molecule has 1 aromatic carbocycles. The molecule has 2 heterocycles. The van der Waals surface area contributed by atoms with Gasteiger partial charge in [0, 0.05) is 25.2 Å². The number of nitrogens with one attached hydrogen (secondary N) is 1. The number of carbonyl (C=O) groups is 2. The first kappa shape index (κ1) is 19.5. The number of benzene rings is 1. The van der Waals surface area contributed by atoms with Crippen LogP contribution in [-0.2, 0) is 4.79 Å². The monoisotopic (exact) mass is 393 g/mol. The van der Waals surface area contributed by atoms with Crippen LogP contribution in [0.15, 0.2) is 41.4 Å². The van der Waals surface area contributed by atoms with E-state index in [9.17, 15) is 9.59 Å². The predicted octanol–water partition coefficient (Wildman–Crippen LogP) is 2.91. The molecule has 28 heavy (non-hydrogen) atoms. The zero-order valence-electron chi connectivity index (χ0n) is 15.6. The molecule has 0 spiro atoms. The summed E-state index contributed by atoms with van der Waals surface area (Å²) < 4.78 is 4.99. The third-order valence-corrected chi connectivity index (χ3v) is 4.93. The Kier molecular flexibility index (Phi) is 6.35. The summed E-state index contributed by atoms with van der Waals surface area (Å²) in [6, 6.07) is 6.97. The average Bonchev–Trinajstić information content (AvgIpc) is 3.07. The van der Waals surface area contributed by atoms with Crippen LogP contribution in [0.2, 0.25) is 0 Å². The molecule has 1 N–H and O–H groups in total. The van der Waals surface area contributed by atoms with E-state index < -0.39 is 0 Å². The molecule has 0 saturated heterocycles. The number of aromatic nitrogens is 1. The van der Waals surface area contributed by atoms with Crippen LogP contribution in [0.5, 0.6) is 5.75 Å². The zero-order valence-corrected chi connectivity index (χ0v) is 16.4. The number of aryl methyl sites for hydroxylation is 1. The Hall–Kier alpha value is -3.24. The van der Waals surface area contributed by atoms with Gasteiger partial charge in [-0.25, -0.2) is 4.98 Å². The number of hydrogen-bond acceptors (Lipinski definition) is 6. The van der Waals surface area contributed by atoms with Crippen molar-refractivity contribution in [2.75, 3.05) is 6.54 Å². The van der Waals surface area contributed by atoms with E-state index in [-0.39, 0.29) is 17.9 Å². The maximum Gasteiger partial charge on any atom is 0.308 e. The number of thiazole rings is 1. The van der Waals surface area contributed by atoms with Crippen LogP contribution in [0.25, 0.3) is 0 Å². The van der Waals surface area contributed by atoms with Crippen LogP contribution in [0.3, 0.4) is 0 Å². The topological polar surface area (TPSA) is 80.6 Å². The van der Waals surface area contributed by atoms with Crippen LogP contribution < -0.4 is 10.1 Å². The number of dihydropyridines is 1. The maximum atomic E-state index is 12.4. The lowest BCUT2D eigenvalue weighted by Crippen LogP contribution is -2.31. The van der Waals surface area contributed by atoms with Crippen molar-refractivity contribution >= 4 is 29.4 Å². The van der Waals surface area contributed by atoms with Crippen LogP contribution in [0.1, 0.15) is 39.3 Å². The minimum absolute atomic E-state index is 0.0800. The Morgan fingerprint density at radius 3 is 2.75 bits per heavy atom. The molecule has 1 aromatic heterocycles. The number of ether oxygens (including phenoxy) is 1. The number of hydrogen-bond donors (Lipinski definition) is 1. The Morgan fingerprint density at radius 2 is 2.07 bits per heavy atom. The van der Waals surface area contributed by atoms with Crippen molar-refractivity contribution in [3.8, 4) is 17.6 Å². The molecule has 0 bridgehead atoms. The van der Waals surface area contributed by atoms with Gasteiger partial charge in [0.1, 0.15) is 10.6 Å². The summed E-state index contributed by atoms with van der Waals surface area (Å²) in [6.45, 7) is 3.64. The number of carbonyl (C=O) groups excluding carboxylic acids is 2. The van der Waals surface area contributed by atoms with Crippen LogP contribution in [-0.4, -0.2) is 35.7 Å². The number of nitrogens with zero attached hydrogens (tertiary/aromatic N) is 2. The summed E-state index contributed by atoms with van der Waals surface area (Å²) in [6.07, 6.45) is 6.52. The summed E-state index contributed by atoms with van der Waals surface area (Å²) in [5.74, 6) is 5.94. The molecule has 0 saturated carbocycles. The Bertz CT molecular complexity index is 994. The van der Waals surface area contributed by atoms with Crippen molar-refractivity contribution in [2.45, 2.75) is 26.3 Å². The molecule has 1 aliphatic rings. The molecule has 1 unspecified atom stereocenters. The Morgan fingerprint density at radius 1 is 1.29 bits per heavy atom. The standard InChI is InChI=1S/C21H19N3O3S/c1-14-20(21(26)23-13-17-5-3-4-12-22-17)28-19(24-14)11-8-16-6-9-18(10-7-16)27-15(2)25/h3-4,6-7,9-10,12,17H,5,13H2,1-2H3,(H,23,26). The molecule has 0 fully saturated rings. The molecule has 142 valence electrons. The third kappa shape index (κ3) is 5.38. The fourth-order valence-corrected chi connectivity index (χ4v) is 3.35. The average molecular weight is 393 g/mol. The van der Waals surface area contributed by atoms with E-state index in [2.05, 4.69) is 27.1 Å². The molecule has 2 aromatic rings. The lowest BCUT2D eigenvalue weighted by molar-refractivity contribution is -0.131. The maximum absolute atomic E-state index is 12.4. The molecule has 0 aliphatic carbocycles. The molecule has 1 amide bonds. The van der Waals surface area contributed by atoms with Gasteiger partial charge >= 0.3 is 5.97 Å². The Balaban J connectivity index is 1.63. The van der Waals surface area contributed by atoms with Crippen LogP contribution in [0.4, 0.5) is 0 Å². The fraction of sp³-hybridized carbons (Fsp3) is 0.238. The van der Waals surface area contributed by atoms with Gasteiger partial charge in [0.15, 0.2) is 5.01 Å². The molecule has 3 rings (SSSR count). The van der Waals surface area contributed by atoms with E-state index in [1.54, 1.807) is 37.4 Å². The van der Waals surface area contributed by atoms with E-state index >= 15 is 0 Å². The van der Waals surface area contributed by atoms with E-state index in [0.29, 0.717) is 27.9 Å². The van der Waals surface area contributed by atoms with Gasteiger partial charge in [-0.05, 0) is 49.6 Å². The SMILES string of the molecule is CC(=O)Oc1ccc(C#Cc2nc(C)c(C(=O)NCC3CC=CC=N3)s2)cc1. The molecule has 7 heteroatoms. The summed E-state index contributed by atoms with van der Waals surface area (Å²) in [4.78, 5) is 32.6. The third-order valence-electron chi connectivity index (χ3n) is 3.86. The van der Waals surface area contributed by atoms with Crippen molar-refractivity contribution in [3.63, 3.8) is 0 Å². The second-order valence-corrected chi connectivity index (χ2v) is 7.13. The van der Waals surface area contributed by atoms with Gasteiger partial charge in [-0.2, -0.15) is 0 Å². The van der Waals surface area contributed by atoms with Crippen LogP contribution in [0, 0.1) is 18.8 Å². The second-order valence-electron chi connectivity index (χ2n) is 6.13. The summed E-state index contributed by atoms with van der Waals surface area (Å²) >= 11 is 1.27. The lowest BCUT2D eigenvalue weighted by Gasteiger charge is -2.12. The fourth-order valence-electron chi connectivity index (χ4n) is 2.51. The highest BCUT2D eigenvalue weighted by Crippen LogP contribution is 2.18. The van der Waals surface area contributed by atoms with Gasteiger partial charge < -0.3 is 10.1 Å². The first-order valence-electron chi connectivity index (χ1n) is 8.75. The van der Waals surface area contributed by atoms with Gasteiger partial charge in [-0.3, -0.25) is 14.6 Å². The van der Waals surface area contributed by atoms with Crippen molar-refractivity contribution in [1.82, 2.24) is 10.3 Å². The van der Waals surface area contributed by atoms with Crippen molar-refractivity contribution in [2.24, 2.45) is 4.99 Å². The predicted molar refractivity (Wildman–Crippen MR) is 109 cm³/mol. The summed E-state index contributed by atoms with van der Waals surface area (Å²) in [5, 5.41) is 3.49. The van der Waals surface area contributed by atoms with Gasteiger partial charge in [0.25, 0.3) is 5.91 Å². The molecule has 1 atom stereocenters. The van der Waals surface area contributed by atoms with E-state index in [1.807, 2.05) is 12.2 Å². The molecule has 0 radical (unpaired) electrons. The molecule has 6 nitrogen and oxygen atoms in total. The quantitative estimate of drug-likeness (QED) is 0.492. The summed E-state index contributed by atoms with van der Waals surface area (Å²) in [5.41, 5.74) is 1.42. The van der Waals surface area contributed by atoms with E-state index in [1.165, 1.54) is 18.3 Å². The largest absolute Gasteiger partial charge is 0.427 e. The Labute approximate surface area is 167 Å². The number of aliphatic imine (C=N–C) groups is 1. The smallest absolute Gasteiger partial charge is 0.308 e. The van der Waals surface area contributed by atoms with Crippen molar-refractivity contribution in [1.29, 1.82) is 0 Å². The minimum Gasteiger partial charge on any atom is -0.427 e. The number of rotatable bonds is 4. The molecular formula is C21H19N3O3S. The number of amides is 1. The minimum atomic E-state index is -0.366. The second kappa shape index (κ2) is 9.11. The van der Waals surface area contributed by atoms with Crippen molar-refractivity contribution < 1.29 is 14.3 Å². The van der Waals surface area contributed by atoms with Gasteiger partial charge in [-0.1, -0.05) is 12.0 Å². The number of esters is 1. The first-order valence-corrected chi connectivity index (χ1v) is 9.57. The van der Waals surface area contributed by atoms with Gasteiger partial charge in [0.05, 0.1) is 11.7 Å². The van der Waals surface area contributed by atoms with Crippen LogP contribution >= 0.6 is 11.3 Å². The highest BCUT2D eigenvalue weighted by Gasteiger charge is 2.16. The molecule has 1 aliphatic heterocycles. The zero-order chi connectivity index (χ0) is 19.9.